The Bertz CT molecular complexity index is 155. The largest absolute Gasteiger partial charge is 0.393 e. The molecule has 0 aromatic heterocycles. The third kappa shape index (κ3) is 40.8. The van der Waals surface area contributed by atoms with Crippen LogP contribution in [0.2, 0.25) is 0 Å². The molecule has 0 fully saturated rings. The summed E-state index contributed by atoms with van der Waals surface area (Å²) >= 11 is 0. The normalized spacial score (nSPS) is 13.7. The maximum absolute atomic E-state index is 9.19. The average molecular weight is 184 g/mol. The monoisotopic (exact) mass is 184 g/mol. The Morgan fingerprint density at radius 1 is 1.18 bits per heavy atom. The molecule has 0 aromatic carbocycles. The Morgan fingerprint density at radius 2 is 1.27 bits per heavy atom. The quantitative estimate of drug-likeness (QED) is 0.583. The van der Waals surface area contributed by atoms with Crippen LogP contribution in [-0.4, -0.2) is 30.4 Å². The van der Waals surface area contributed by atoms with Gasteiger partial charge in [0.1, 0.15) is 0 Å². The van der Waals surface area contributed by atoms with Crippen molar-refractivity contribution in [3.63, 3.8) is 0 Å². The minimum absolute atomic E-state index is 0.148. The van der Waals surface area contributed by atoms with Crippen LogP contribution < -0.4 is 0 Å². The van der Waals surface area contributed by atoms with Crippen LogP contribution in [-0.2, 0) is 10.1 Å². The van der Waals surface area contributed by atoms with E-state index in [1.54, 1.807) is 6.92 Å². The SMILES string of the molecule is CC(C)C(C)O.CS(=O)(=O)O. The molecule has 1 unspecified atom stereocenters. The van der Waals surface area contributed by atoms with Crippen LogP contribution in [0.3, 0.4) is 0 Å². The summed E-state index contributed by atoms with van der Waals surface area (Å²) in [6, 6.07) is 0. The summed E-state index contributed by atoms with van der Waals surface area (Å²) in [5.74, 6) is 0.407. The molecule has 0 aliphatic rings. The maximum Gasteiger partial charge on any atom is 0.261 e. The van der Waals surface area contributed by atoms with Crippen LogP contribution in [0.5, 0.6) is 0 Å². The van der Waals surface area contributed by atoms with E-state index in [1.807, 2.05) is 13.8 Å². The van der Waals surface area contributed by atoms with Gasteiger partial charge in [-0.05, 0) is 12.8 Å². The molecular weight excluding hydrogens is 168 g/mol. The zero-order valence-electron chi connectivity index (χ0n) is 7.27. The van der Waals surface area contributed by atoms with Crippen molar-refractivity contribution in [2.75, 3.05) is 6.26 Å². The number of hydrogen-bond acceptors (Lipinski definition) is 3. The van der Waals surface area contributed by atoms with Crippen LogP contribution in [0.1, 0.15) is 20.8 Å². The molecule has 1 atom stereocenters. The average Bonchev–Trinajstić information content (AvgIpc) is 1.59. The van der Waals surface area contributed by atoms with Gasteiger partial charge in [0.15, 0.2) is 0 Å². The summed E-state index contributed by atoms with van der Waals surface area (Å²) in [6.45, 7) is 5.78. The van der Waals surface area contributed by atoms with Crippen molar-refractivity contribution < 1.29 is 18.1 Å². The Balaban J connectivity index is 0. The molecule has 0 saturated heterocycles. The van der Waals surface area contributed by atoms with E-state index in [0.717, 1.165) is 0 Å². The highest BCUT2D eigenvalue weighted by molar-refractivity contribution is 7.85. The Labute approximate surface area is 68.0 Å². The summed E-state index contributed by atoms with van der Waals surface area (Å²) < 4.78 is 25.9. The van der Waals surface area contributed by atoms with E-state index >= 15 is 0 Å². The second kappa shape index (κ2) is 5.51. The van der Waals surface area contributed by atoms with E-state index in [0.29, 0.717) is 12.2 Å². The predicted molar refractivity (Wildman–Crippen MR) is 44.0 cm³/mol. The molecule has 2 N–H and O–H groups in total. The molecular formula is C6H16O4S. The lowest BCUT2D eigenvalue weighted by Gasteiger charge is -2.04. The third-order valence-electron chi connectivity index (χ3n) is 0.965. The van der Waals surface area contributed by atoms with Gasteiger partial charge in [0.2, 0.25) is 0 Å². The third-order valence-corrected chi connectivity index (χ3v) is 0.965. The fraction of sp³-hybridized carbons (Fsp3) is 1.00. The first-order chi connectivity index (χ1) is 4.64. The molecule has 0 aliphatic carbocycles. The lowest BCUT2D eigenvalue weighted by molar-refractivity contribution is 0.144. The minimum Gasteiger partial charge on any atom is -0.393 e. The van der Waals surface area contributed by atoms with Gasteiger partial charge in [-0.3, -0.25) is 4.55 Å². The highest BCUT2D eigenvalue weighted by Crippen LogP contribution is 1.96. The maximum atomic E-state index is 9.19. The van der Waals surface area contributed by atoms with Gasteiger partial charge in [-0.2, -0.15) is 8.42 Å². The molecule has 5 heteroatoms. The second-order valence-electron chi connectivity index (χ2n) is 2.72. The molecule has 0 aromatic rings. The van der Waals surface area contributed by atoms with Crippen molar-refractivity contribution in [2.45, 2.75) is 26.9 Å². The van der Waals surface area contributed by atoms with Gasteiger partial charge >= 0.3 is 0 Å². The first-order valence-electron chi connectivity index (χ1n) is 3.25. The smallest absolute Gasteiger partial charge is 0.261 e. The van der Waals surface area contributed by atoms with Gasteiger partial charge in [-0.15, -0.1) is 0 Å². The summed E-state index contributed by atoms with van der Waals surface area (Å²) in [7, 11) is -3.67. The summed E-state index contributed by atoms with van der Waals surface area (Å²) in [6.07, 6.45) is 0.567. The zero-order chi connectivity index (χ0) is 9.65. The van der Waals surface area contributed by atoms with E-state index in [-0.39, 0.29) is 6.10 Å². The first kappa shape index (κ1) is 13.5. The number of hydrogen-bond donors (Lipinski definition) is 2. The molecule has 0 amide bonds. The molecule has 0 bridgehead atoms. The fourth-order valence-corrected chi connectivity index (χ4v) is 0. The van der Waals surface area contributed by atoms with Gasteiger partial charge < -0.3 is 5.11 Å². The van der Waals surface area contributed by atoms with Crippen LogP contribution in [0.25, 0.3) is 0 Å². The van der Waals surface area contributed by atoms with Gasteiger partial charge in [-0.1, -0.05) is 13.8 Å². The van der Waals surface area contributed by atoms with Crippen molar-refractivity contribution in [1.82, 2.24) is 0 Å². The predicted octanol–water partition coefficient (Wildman–Crippen LogP) is 0.527. The molecule has 0 rings (SSSR count). The van der Waals surface area contributed by atoms with Crippen molar-refractivity contribution in [3.05, 3.63) is 0 Å². The molecule has 0 spiro atoms. The topological polar surface area (TPSA) is 74.6 Å². The molecule has 0 radical (unpaired) electrons. The number of aliphatic hydroxyl groups excluding tert-OH is 1. The second-order valence-corrected chi connectivity index (χ2v) is 4.18. The standard InChI is InChI=1S/C5H12O.CH4O3S/c1-4(2)5(3)6;1-5(2,3)4/h4-6H,1-3H3;1H3,(H,2,3,4). The summed E-state index contributed by atoms with van der Waals surface area (Å²) in [5.41, 5.74) is 0. The van der Waals surface area contributed by atoms with Gasteiger partial charge in [-0.25, -0.2) is 0 Å². The molecule has 0 aliphatic heterocycles. The highest BCUT2D eigenvalue weighted by atomic mass is 32.2. The lowest BCUT2D eigenvalue weighted by Crippen LogP contribution is -2.07. The van der Waals surface area contributed by atoms with Gasteiger partial charge in [0.25, 0.3) is 10.1 Å². The molecule has 4 nitrogen and oxygen atoms in total. The van der Waals surface area contributed by atoms with Crippen molar-refractivity contribution in [3.8, 4) is 0 Å². The molecule has 0 saturated carbocycles. The minimum atomic E-state index is -3.67. The molecule has 0 heterocycles. The van der Waals surface area contributed by atoms with Gasteiger partial charge in [0.05, 0.1) is 12.4 Å². The van der Waals surface area contributed by atoms with E-state index in [4.69, 9.17) is 9.66 Å². The van der Waals surface area contributed by atoms with Crippen LogP contribution in [0, 0.1) is 5.92 Å². The van der Waals surface area contributed by atoms with Crippen molar-refractivity contribution in [2.24, 2.45) is 5.92 Å². The number of rotatable bonds is 1. The van der Waals surface area contributed by atoms with Crippen LogP contribution in [0.4, 0.5) is 0 Å². The summed E-state index contributed by atoms with van der Waals surface area (Å²) in [5, 5.41) is 8.63. The Morgan fingerprint density at radius 3 is 1.27 bits per heavy atom. The lowest BCUT2D eigenvalue weighted by atomic mass is 10.1. The number of aliphatic hydroxyl groups is 1. The summed E-state index contributed by atoms with van der Waals surface area (Å²) in [4.78, 5) is 0. The first-order valence-corrected chi connectivity index (χ1v) is 5.10. The fourth-order valence-electron chi connectivity index (χ4n) is 0. The van der Waals surface area contributed by atoms with E-state index in [9.17, 15) is 8.42 Å². The van der Waals surface area contributed by atoms with E-state index in [2.05, 4.69) is 0 Å². The molecule has 11 heavy (non-hydrogen) atoms. The van der Waals surface area contributed by atoms with Gasteiger partial charge in [0, 0.05) is 0 Å². The highest BCUT2D eigenvalue weighted by Gasteiger charge is 1.97. The van der Waals surface area contributed by atoms with Crippen molar-refractivity contribution >= 4 is 10.1 Å². The van der Waals surface area contributed by atoms with Crippen molar-refractivity contribution in [1.29, 1.82) is 0 Å². The Kier molecular flexibility index (Phi) is 6.74. The van der Waals surface area contributed by atoms with E-state index < -0.39 is 10.1 Å². The van der Waals surface area contributed by atoms with Crippen LogP contribution >= 0.6 is 0 Å². The Hall–Kier alpha value is -0.130. The van der Waals surface area contributed by atoms with Crippen LogP contribution in [0.15, 0.2) is 0 Å². The van der Waals surface area contributed by atoms with E-state index in [1.165, 1.54) is 0 Å². The molecule has 70 valence electrons. The zero-order valence-corrected chi connectivity index (χ0v) is 8.09.